The van der Waals surface area contributed by atoms with E-state index in [0.717, 1.165) is 6.42 Å². The molecule has 0 spiro atoms. The first kappa shape index (κ1) is 22.5. The van der Waals surface area contributed by atoms with E-state index in [0.29, 0.717) is 54.7 Å². The molecule has 1 aromatic carbocycles. The lowest BCUT2D eigenvalue weighted by Crippen LogP contribution is -2.47. The Labute approximate surface area is 181 Å². The van der Waals surface area contributed by atoms with Gasteiger partial charge < -0.3 is 16.0 Å². The normalized spacial score (nSPS) is 16.0. The third kappa shape index (κ3) is 4.46. The monoisotopic (exact) mass is 454 g/mol. The van der Waals surface area contributed by atoms with Gasteiger partial charge >= 0.3 is 0 Å². The van der Waals surface area contributed by atoms with Crippen molar-refractivity contribution in [3.8, 4) is 0 Å². The maximum Gasteiger partial charge on any atom is 0.269 e. The Morgan fingerprint density at radius 2 is 1.90 bits per heavy atom. The van der Waals surface area contributed by atoms with Crippen molar-refractivity contribution in [3.05, 3.63) is 34.6 Å². The van der Waals surface area contributed by atoms with E-state index in [4.69, 9.17) is 17.3 Å². The molecule has 3 rings (SSSR count). The maximum atomic E-state index is 13.1. The molecule has 0 aliphatic carbocycles. The number of anilines is 2. The first-order valence-electron chi connectivity index (χ1n) is 9.76. The minimum absolute atomic E-state index is 0.139. The number of likely N-dealkylation sites (N-methyl/N-ethyl adjacent to an activating group) is 1. The van der Waals surface area contributed by atoms with Gasteiger partial charge in [0.25, 0.3) is 5.91 Å². The van der Waals surface area contributed by atoms with Crippen molar-refractivity contribution >= 4 is 38.9 Å². The Bertz CT molecular complexity index is 1040. The summed E-state index contributed by atoms with van der Waals surface area (Å²) in [6.07, 6.45) is 1.44. The van der Waals surface area contributed by atoms with Crippen molar-refractivity contribution in [2.24, 2.45) is 12.8 Å². The molecule has 0 unspecified atom stereocenters. The molecule has 2 heterocycles. The highest BCUT2D eigenvalue weighted by Crippen LogP contribution is 2.32. The number of rotatable bonds is 7. The summed E-state index contributed by atoms with van der Waals surface area (Å²) in [5, 5.41) is 7.82. The summed E-state index contributed by atoms with van der Waals surface area (Å²) in [5.74, 6) is -0.632. The van der Waals surface area contributed by atoms with Crippen molar-refractivity contribution in [3.63, 3.8) is 0 Å². The van der Waals surface area contributed by atoms with Crippen LogP contribution in [0, 0.1) is 0 Å². The Hall–Kier alpha value is -2.14. The van der Waals surface area contributed by atoms with Crippen molar-refractivity contribution in [1.29, 1.82) is 0 Å². The third-order valence-electron chi connectivity index (χ3n) is 5.14. The van der Waals surface area contributed by atoms with Crippen molar-refractivity contribution in [2.75, 3.05) is 38.5 Å². The lowest BCUT2D eigenvalue weighted by atomic mass is 10.2. The molecule has 0 atom stereocenters. The second kappa shape index (κ2) is 8.93. The number of piperazine rings is 1. The summed E-state index contributed by atoms with van der Waals surface area (Å²) in [6.45, 7) is 4.21. The van der Waals surface area contributed by atoms with Crippen LogP contribution >= 0.6 is 11.6 Å². The van der Waals surface area contributed by atoms with Gasteiger partial charge in [-0.15, -0.1) is 0 Å². The van der Waals surface area contributed by atoms with Crippen LogP contribution in [-0.4, -0.2) is 66.5 Å². The van der Waals surface area contributed by atoms with Crippen LogP contribution < -0.4 is 11.1 Å². The number of amides is 1. The SMILES string of the molecule is CCCc1nn(C)c(C(N)=O)c1Nc1cc(S(=O)(=O)N2CCN(C)CC2)ccc1Cl. The highest BCUT2D eigenvalue weighted by Gasteiger charge is 2.28. The number of primary amides is 1. The zero-order valence-electron chi connectivity index (χ0n) is 17.4. The molecule has 3 N–H and O–H groups in total. The van der Waals surface area contributed by atoms with E-state index in [1.807, 2.05) is 14.0 Å². The van der Waals surface area contributed by atoms with Crippen LogP contribution in [0.2, 0.25) is 5.02 Å². The minimum atomic E-state index is -3.66. The van der Waals surface area contributed by atoms with E-state index >= 15 is 0 Å². The second-order valence-electron chi connectivity index (χ2n) is 7.38. The first-order valence-corrected chi connectivity index (χ1v) is 11.6. The summed E-state index contributed by atoms with van der Waals surface area (Å²) < 4.78 is 29.1. The average Bonchev–Trinajstić information content (AvgIpc) is 2.99. The molecule has 1 saturated heterocycles. The molecule has 164 valence electrons. The number of sulfonamides is 1. The second-order valence-corrected chi connectivity index (χ2v) is 9.73. The Balaban J connectivity index is 1.98. The fourth-order valence-electron chi connectivity index (χ4n) is 3.48. The molecule has 1 aliphatic heterocycles. The predicted molar refractivity (Wildman–Crippen MR) is 117 cm³/mol. The zero-order chi connectivity index (χ0) is 22.1. The summed E-state index contributed by atoms with van der Waals surface area (Å²) in [4.78, 5) is 14.2. The smallest absolute Gasteiger partial charge is 0.269 e. The molecule has 0 saturated carbocycles. The van der Waals surface area contributed by atoms with Gasteiger partial charge in [-0.05, 0) is 31.7 Å². The zero-order valence-corrected chi connectivity index (χ0v) is 18.9. The third-order valence-corrected chi connectivity index (χ3v) is 7.36. The highest BCUT2D eigenvalue weighted by molar-refractivity contribution is 7.89. The number of hydrogen-bond donors (Lipinski definition) is 2. The van der Waals surface area contributed by atoms with Gasteiger partial charge in [-0.1, -0.05) is 24.9 Å². The van der Waals surface area contributed by atoms with Gasteiger partial charge in [-0.25, -0.2) is 8.42 Å². The quantitative estimate of drug-likeness (QED) is 0.659. The summed E-state index contributed by atoms with van der Waals surface area (Å²) in [6, 6.07) is 4.52. The van der Waals surface area contributed by atoms with Gasteiger partial charge in [-0.2, -0.15) is 9.40 Å². The van der Waals surface area contributed by atoms with Crippen LogP contribution in [0.4, 0.5) is 11.4 Å². The minimum Gasteiger partial charge on any atom is -0.364 e. The number of nitrogens with one attached hydrogen (secondary N) is 1. The number of aryl methyl sites for hydroxylation is 2. The summed E-state index contributed by atoms with van der Waals surface area (Å²) in [5.41, 5.74) is 7.24. The molecule has 1 amide bonds. The molecule has 2 aromatic rings. The van der Waals surface area contributed by atoms with Gasteiger partial charge in [0.2, 0.25) is 10.0 Å². The maximum absolute atomic E-state index is 13.1. The number of benzene rings is 1. The predicted octanol–water partition coefficient (Wildman–Crippen LogP) is 1.80. The molecule has 9 nitrogen and oxygen atoms in total. The number of nitrogens with zero attached hydrogens (tertiary/aromatic N) is 4. The number of halogens is 1. The van der Waals surface area contributed by atoms with Crippen LogP contribution in [0.3, 0.4) is 0 Å². The topological polar surface area (TPSA) is 114 Å². The molecular weight excluding hydrogens is 428 g/mol. The molecule has 0 bridgehead atoms. The van der Waals surface area contributed by atoms with E-state index in [1.165, 1.54) is 27.2 Å². The van der Waals surface area contributed by atoms with Crippen LogP contribution in [0.5, 0.6) is 0 Å². The Morgan fingerprint density at radius 1 is 1.23 bits per heavy atom. The van der Waals surface area contributed by atoms with Gasteiger partial charge in [0.1, 0.15) is 5.69 Å². The molecule has 11 heteroatoms. The molecule has 1 fully saturated rings. The van der Waals surface area contributed by atoms with E-state index < -0.39 is 15.9 Å². The number of hydrogen-bond acceptors (Lipinski definition) is 6. The largest absolute Gasteiger partial charge is 0.364 e. The van der Waals surface area contributed by atoms with E-state index in [9.17, 15) is 13.2 Å². The lowest BCUT2D eigenvalue weighted by molar-refractivity contribution is 0.0992. The Kier molecular flexibility index (Phi) is 6.71. The van der Waals surface area contributed by atoms with Gasteiger partial charge in [0.15, 0.2) is 0 Å². The molecule has 0 radical (unpaired) electrons. The lowest BCUT2D eigenvalue weighted by Gasteiger charge is -2.31. The Morgan fingerprint density at radius 3 is 2.50 bits per heavy atom. The van der Waals surface area contributed by atoms with Crippen LogP contribution in [0.1, 0.15) is 29.5 Å². The highest BCUT2D eigenvalue weighted by atomic mass is 35.5. The average molecular weight is 455 g/mol. The molecule has 1 aliphatic rings. The van der Waals surface area contributed by atoms with Crippen LogP contribution in [0.25, 0.3) is 0 Å². The van der Waals surface area contributed by atoms with Gasteiger partial charge in [0.05, 0.1) is 27.0 Å². The van der Waals surface area contributed by atoms with E-state index in [2.05, 4.69) is 15.3 Å². The summed E-state index contributed by atoms with van der Waals surface area (Å²) >= 11 is 6.35. The first-order chi connectivity index (χ1) is 14.1. The number of nitrogens with two attached hydrogens (primary N) is 1. The van der Waals surface area contributed by atoms with E-state index in [1.54, 1.807) is 7.05 Å². The van der Waals surface area contributed by atoms with Gasteiger partial charge in [0, 0.05) is 33.2 Å². The van der Waals surface area contributed by atoms with Crippen molar-refractivity contribution in [2.45, 2.75) is 24.7 Å². The van der Waals surface area contributed by atoms with Crippen molar-refractivity contribution in [1.82, 2.24) is 19.0 Å². The summed E-state index contributed by atoms with van der Waals surface area (Å²) in [7, 11) is -0.0592. The van der Waals surface area contributed by atoms with E-state index in [-0.39, 0.29) is 10.6 Å². The van der Waals surface area contributed by atoms with Crippen LogP contribution in [-0.2, 0) is 23.5 Å². The molecule has 1 aromatic heterocycles. The fourth-order valence-corrected chi connectivity index (χ4v) is 5.09. The van der Waals surface area contributed by atoms with Gasteiger partial charge in [-0.3, -0.25) is 9.48 Å². The van der Waals surface area contributed by atoms with Crippen LogP contribution in [0.15, 0.2) is 23.1 Å². The van der Waals surface area contributed by atoms with Crippen molar-refractivity contribution < 1.29 is 13.2 Å². The fraction of sp³-hybridized carbons (Fsp3) is 0.474. The molecular formula is C19H27ClN6O3S. The standard InChI is InChI=1S/C19H27ClN6O3S/c1-4-5-15-17(18(19(21)27)25(3)23-15)22-16-12-13(6-7-14(16)20)30(28,29)26-10-8-24(2)9-11-26/h6-7,12,22H,4-5,8-11H2,1-3H3,(H2,21,27). The number of carbonyl (C=O) groups excluding carboxylic acids is 1. The molecule has 30 heavy (non-hydrogen) atoms. The number of carbonyl (C=O) groups is 1. The number of aromatic nitrogens is 2.